The summed E-state index contributed by atoms with van der Waals surface area (Å²) in [5, 5.41) is 6.77. The van der Waals surface area contributed by atoms with Crippen LogP contribution in [0.2, 0.25) is 0 Å². The topological polar surface area (TPSA) is 82.6 Å². The van der Waals surface area contributed by atoms with Gasteiger partial charge in [0.2, 0.25) is 5.91 Å². The van der Waals surface area contributed by atoms with Gasteiger partial charge in [0, 0.05) is 36.6 Å². The monoisotopic (exact) mass is 572 g/mol. The number of para-hydroxylation sites is 1. The highest BCUT2D eigenvalue weighted by Gasteiger charge is 2.35. The molecule has 7 nitrogen and oxygen atoms in total. The van der Waals surface area contributed by atoms with Gasteiger partial charge in [-0.05, 0) is 54.9 Å². The van der Waals surface area contributed by atoms with Gasteiger partial charge in [-0.2, -0.15) is 4.31 Å². The van der Waals surface area contributed by atoms with Crippen molar-refractivity contribution in [1.29, 1.82) is 0 Å². The standard InChI is InChI=1S/C26H28N4O3S4/c1-2-29-13-11-18-21(16-29)36-26(23(18)25-27-19-8-3-4-9-20(19)35-25)28-24(31)17-7-5-12-30(15-17)37(32,33)22-10-6-14-34-22/h3-4,6,8-10,14,17H,2,5,7,11-13,15-16H2,1H3,(H,28,31). The van der Waals surface area contributed by atoms with Crippen LogP contribution in [-0.4, -0.2) is 54.7 Å². The number of aromatic nitrogens is 1. The Labute approximate surface area is 228 Å². The highest BCUT2D eigenvalue weighted by molar-refractivity contribution is 7.91. The SMILES string of the molecule is CCN1CCc2c(sc(NC(=O)C3CCCN(S(=O)(=O)c4cccs4)C3)c2-c2nc3ccccc3s2)C1. The summed E-state index contributed by atoms with van der Waals surface area (Å²) in [4.78, 5) is 22.2. The van der Waals surface area contributed by atoms with Crippen molar-refractivity contribution in [1.82, 2.24) is 14.2 Å². The van der Waals surface area contributed by atoms with E-state index in [0.717, 1.165) is 51.8 Å². The Morgan fingerprint density at radius 3 is 2.81 bits per heavy atom. The zero-order valence-corrected chi connectivity index (χ0v) is 23.7. The second-order valence-corrected chi connectivity index (χ2v) is 14.7. The fraction of sp³-hybridized carbons (Fsp3) is 0.385. The first-order chi connectivity index (χ1) is 17.9. The molecule has 2 aliphatic heterocycles. The summed E-state index contributed by atoms with van der Waals surface area (Å²) in [7, 11) is -3.57. The number of thiophene rings is 2. The fourth-order valence-electron chi connectivity index (χ4n) is 5.15. The molecule has 1 amide bonds. The van der Waals surface area contributed by atoms with Gasteiger partial charge in [-0.15, -0.1) is 34.0 Å². The van der Waals surface area contributed by atoms with Crippen molar-refractivity contribution in [2.24, 2.45) is 5.92 Å². The van der Waals surface area contributed by atoms with Crippen molar-refractivity contribution < 1.29 is 13.2 Å². The first-order valence-electron chi connectivity index (χ1n) is 12.5. The van der Waals surface area contributed by atoms with Crippen LogP contribution in [0.25, 0.3) is 20.8 Å². The molecule has 5 heterocycles. The van der Waals surface area contributed by atoms with E-state index in [1.54, 1.807) is 40.2 Å². The minimum Gasteiger partial charge on any atom is -0.317 e. The molecule has 0 bridgehead atoms. The maximum Gasteiger partial charge on any atom is 0.252 e. The van der Waals surface area contributed by atoms with Gasteiger partial charge in [-0.1, -0.05) is 25.1 Å². The first kappa shape index (κ1) is 25.1. The molecule has 6 rings (SSSR count). The molecule has 11 heteroatoms. The average molecular weight is 573 g/mol. The van der Waals surface area contributed by atoms with Crippen molar-refractivity contribution in [3.8, 4) is 10.6 Å². The van der Waals surface area contributed by atoms with Crippen LogP contribution in [0.15, 0.2) is 46.0 Å². The predicted molar refractivity (Wildman–Crippen MR) is 152 cm³/mol. The second-order valence-electron chi connectivity index (χ2n) is 9.44. The zero-order chi connectivity index (χ0) is 25.6. The van der Waals surface area contributed by atoms with Gasteiger partial charge in [0.1, 0.15) is 14.2 Å². The van der Waals surface area contributed by atoms with Gasteiger partial charge in [-0.3, -0.25) is 9.69 Å². The lowest BCUT2D eigenvalue weighted by Gasteiger charge is -2.30. The molecule has 0 radical (unpaired) electrons. The number of nitrogens with zero attached hydrogens (tertiary/aromatic N) is 3. The minimum absolute atomic E-state index is 0.112. The first-order valence-corrected chi connectivity index (χ1v) is 16.5. The molecule has 1 aromatic carbocycles. The van der Waals surface area contributed by atoms with E-state index in [1.165, 1.54) is 26.1 Å². The van der Waals surface area contributed by atoms with Gasteiger partial charge in [0.25, 0.3) is 10.0 Å². The highest BCUT2D eigenvalue weighted by Crippen LogP contribution is 2.46. The molecule has 0 aliphatic carbocycles. The summed E-state index contributed by atoms with van der Waals surface area (Å²) in [5.41, 5.74) is 3.30. The molecule has 2 aliphatic rings. The van der Waals surface area contributed by atoms with Crippen LogP contribution in [0.1, 0.15) is 30.2 Å². The maximum absolute atomic E-state index is 13.6. The quantitative estimate of drug-likeness (QED) is 0.330. The second kappa shape index (κ2) is 10.2. The third kappa shape index (κ3) is 4.77. The van der Waals surface area contributed by atoms with E-state index in [2.05, 4.69) is 23.2 Å². The number of rotatable bonds is 6. The van der Waals surface area contributed by atoms with Crippen molar-refractivity contribution in [3.05, 3.63) is 52.2 Å². The van der Waals surface area contributed by atoms with Gasteiger partial charge in [-0.25, -0.2) is 13.4 Å². The highest BCUT2D eigenvalue weighted by atomic mass is 32.2. The molecular formula is C26H28N4O3S4. The molecule has 4 aromatic rings. The number of likely N-dealkylation sites (N-methyl/N-ethyl adjacent to an activating group) is 1. The van der Waals surface area contributed by atoms with E-state index in [9.17, 15) is 13.2 Å². The summed E-state index contributed by atoms with van der Waals surface area (Å²) in [5.74, 6) is -0.502. The third-order valence-electron chi connectivity index (χ3n) is 7.17. The molecule has 1 fully saturated rings. The van der Waals surface area contributed by atoms with Crippen LogP contribution in [0.5, 0.6) is 0 Å². The summed E-state index contributed by atoms with van der Waals surface area (Å²) in [6, 6.07) is 11.5. The van der Waals surface area contributed by atoms with Crippen LogP contribution in [0.4, 0.5) is 5.00 Å². The normalized spacial score (nSPS) is 19.2. The number of thiazole rings is 1. The Bertz CT molecular complexity index is 1510. The number of hydrogen-bond donors (Lipinski definition) is 1. The van der Waals surface area contributed by atoms with E-state index in [-0.39, 0.29) is 12.5 Å². The smallest absolute Gasteiger partial charge is 0.252 e. The Kier molecular flexibility index (Phi) is 6.93. The Hall–Kier alpha value is -2.15. The van der Waals surface area contributed by atoms with Crippen LogP contribution in [-0.2, 0) is 27.8 Å². The van der Waals surface area contributed by atoms with Crippen LogP contribution < -0.4 is 5.32 Å². The summed E-state index contributed by atoms with van der Waals surface area (Å²) in [6.07, 6.45) is 2.27. The van der Waals surface area contributed by atoms with E-state index < -0.39 is 15.9 Å². The number of nitrogens with one attached hydrogen (secondary N) is 1. The maximum atomic E-state index is 13.6. The number of piperidine rings is 1. The van der Waals surface area contributed by atoms with Crippen molar-refractivity contribution in [2.75, 3.05) is 31.5 Å². The van der Waals surface area contributed by atoms with Crippen LogP contribution in [0, 0.1) is 5.92 Å². The number of hydrogen-bond acceptors (Lipinski definition) is 8. The number of anilines is 1. The molecule has 0 saturated carbocycles. The van der Waals surface area contributed by atoms with E-state index in [0.29, 0.717) is 23.6 Å². The molecule has 1 atom stereocenters. The molecule has 1 N–H and O–H groups in total. The fourth-order valence-corrected chi connectivity index (χ4v) is 10.2. The van der Waals surface area contributed by atoms with E-state index >= 15 is 0 Å². The van der Waals surface area contributed by atoms with Crippen molar-refractivity contribution in [3.63, 3.8) is 0 Å². The molecule has 0 spiro atoms. The molecule has 194 valence electrons. The lowest BCUT2D eigenvalue weighted by molar-refractivity contribution is -0.120. The Morgan fingerprint density at radius 1 is 1.16 bits per heavy atom. The van der Waals surface area contributed by atoms with E-state index in [4.69, 9.17) is 4.98 Å². The Morgan fingerprint density at radius 2 is 2.03 bits per heavy atom. The predicted octanol–water partition coefficient (Wildman–Crippen LogP) is 5.50. The number of amides is 1. The molecule has 1 unspecified atom stereocenters. The molecule has 1 saturated heterocycles. The van der Waals surface area contributed by atoms with Crippen LogP contribution >= 0.6 is 34.0 Å². The lowest BCUT2D eigenvalue weighted by atomic mass is 9.98. The number of carbonyl (C=O) groups is 1. The van der Waals surface area contributed by atoms with Gasteiger partial charge in [0.05, 0.1) is 16.1 Å². The number of fused-ring (bicyclic) bond motifs is 2. The number of sulfonamides is 1. The number of carbonyl (C=O) groups excluding carboxylic acids is 1. The van der Waals surface area contributed by atoms with Crippen molar-refractivity contribution >= 4 is 65.2 Å². The number of benzene rings is 1. The van der Waals surface area contributed by atoms with Crippen LogP contribution in [0.3, 0.4) is 0 Å². The van der Waals surface area contributed by atoms with Crippen molar-refractivity contribution in [2.45, 2.75) is 36.9 Å². The summed E-state index contributed by atoms with van der Waals surface area (Å²) >= 11 is 4.52. The molecule has 37 heavy (non-hydrogen) atoms. The summed E-state index contributed by atoms with van der Waals surface area (Å²) in [6.45, 7) is 5.68. The summed E-state index contributed by atoms with van der Waals surface area (Å²) < 4.78 is 29.1. The zero-order valence-electron chi connectivity index (χ0n) is 20.5. The Balaban J connectivity index is 1.30. The average Bonchev–Trinajstić information content (AvgIpc) is 3.66. The largest absolute Gasteiger partial charge is 0.317 e. The molecular weight excluding hydrogens is 545 g/mol. The third-order valence-corrected chi connectivity index (χ3v) is 12.6. The lowest BCUT2D eigenvalue weighted by Crippen LogP contribution is -2.43. The minimum atomic E-state index is -3.57. The van der Waals surface area contributed by atoms with Gasteiger partial charge in [0.15, 0.2) is 0 Å². The van der Waals surface area contributed by atoms with Gasteiger partial charge < -0.3 is 5.32 Å². The molecule has 3 aromatic heterocycles. The van der Waals surface area contributed by atoms with Gasteiger partial charge >= 0.3 is 0 Å². The van der Waals surface area contributed by atoms with E-state index in [1.807, 2.05) is 18.2 Å².